The van der Waals surface area contributed by atoms with Crippen LogP contribution in [0.2, 0.25) is 0 Å². The van der Waals surface area contributed by atoms with Gasteiger partial charge in [0.15, 0.2) is 0 Å². The standard InChI is InChI=1S/C15H23NO/c1-4-9-16(10-11-17)12-14-5-7-15(8-6-14)13(2)3/h4-8,13,17H,1,9-12H2,2-3H3. The lowest BCUT2D eigenvalue weighted by atomic mass is 10.0. The van der Waals surface area contributed by atoms with Crippen LogP contribution in [0, 0.1) is 0 Å². The summed E-state index contributed by atoms with van der Waals surface area (Å²) >= 11 is 0. The monoisotopic (exact) mass is 233 g/mol. The van der Waals surface area contributed by atoms with Crippen LogP contribution in [0.25, 0.3) is 0 Å². The molecule has 0 saturated heterocycles. The third-order valence-electron chi connectivity index (χ3n) is 2.86. The smallest absolute Gasteiger partial charge is 0.0558 e. The van der Waals surface area contributed by atoms with Crippen LogP contribution in [0.3, 0.4) is 0 Å². The van der Waals surface area contributed by atoms with E-state index in [2.05, 4.69) is 49.6 Å². The minimum Gasteiger partial charge on any atom is -0.395 e. The van der Waals surface area contributed by atoms with Gasteiger partial charge in [0.2, 0.25) is 0 Å². The topological polar surface area (TPSA) is 23.5 Å². The van der Waals surface area contributed by atoms with Crippen molar-refractivity contribution in [3.05, 3.63) is 48.0 Å². The van der Waals surface area contributed by atoms with Gasteiger partial charge in [-0.3, -0.25) is 4.90 Å². The van der Waals surface area contributed by atoms with E-state index < -0.39 is 0 Å². The van der Waals surface area contributed by atoms with Crippen molar-refractivity contribution < 1.29 is 5.11 Å². The van der Waals surface area contributed by atoms with E-state index in [1.54, 1.807) is 0 Å². The molecule has 0 saturated carbocycles. The summed E-state index contributed by atoms with van der Waals surface area (Å²) in [6.45, 7) is 10.7. The summed E-state index contributed by atoms with van der Waals surface area (Å²) in [5, 5.41) is 8.98. The maximum atomic E-state index is 8.98. The molecule has 0 aliphatic carbocycles. The van der Waals surface area contributed by atoms with Crippen LogP contribution in [0.1, 0.15) is 30.9 Å². The summed E-state index contributed by atoms with van der Waals surface area (Å²) < 4.78 is 0. The fraction of sp³-hybridized carbons (Fsp3) is 0.467. The number of hydrogen-bond donors (Lipinski definition) is 1. The lowest BCUT2D eigenvalue weighted by molar-refractivity contribution is 0.203. The maximum absolute atomic E-state index is 8.98. The first kappa shape index (κ1) is 13.9. The zero-order chi connectivity index (χ0) is 12.7. The van der Waals surface area contributed by atoms with Gasteiger partial charge in [-0.2, -0.15) is 0 Å². The van der Waals surface area contributed by atoms with Crippen LogP contribution in [0.5, 0.6) is 0 Å². The summed E-state index contributed by atoms with van der Waals surface area (Å²) in [6, 6.07) is 8.71. The Hall–Kier alpha value is -1.12. The zero-order valence-corrected chi connectivity index (χ0v) is 10.9. The summed E-state index contributed by atoms with van der Waals surface area (Å²) in [5.41, 5.74) is 2.65. The van der Waals surface area contributed by atoms with Crippen LogP contribution in [0.4, 0.5) is 0 Å². The van der Waals surface area contributed by atoms with E-state index in [9.17, 15) is 0 Å². The molecule has 0 bridgehead atoms. The second-order valence-corrected chi connectivity index (χ2v) is 4.64. The molecule has 0 atom stereocenters. The predicted molar refractivity (Wildman–Crippen MR) is 73.1 cm³/mol. The van der Waals surface area contributed by atoms with Gasteiger partial charge in [-0.15, -0.1) is 6.58 Å². The molecule has 0 radical (unpaired) electrons. The van der Waals surface area contributed by atoms with Crippen molar-refractivity contribution in [1.82, 2.24) is 4.90 Å². The third-order valence-corrected chi connectivity index (χ3v) is 2.86. The summed E-state index contributed by atoms with van der Waals surface area (Å²) in [5.74, 6) is 0.575. The molecule has 1 aromatic rings. The van der Waals surface area contributed by atoms with Crippen LogP contribution < -0.4 is 0 Å². The van der Waals surface area contributed by atoms with Crippen molar-refractivity contribution in [1.29, 1.82) is 0 Å². The second kappa shape index (κ2) is 7.25. The van der Waals surface area contributed by atoms with Gasteiger partial charge in [0.05, 0.1) is 6.61 Å². The lowest BCUT2D eigenvalue weighted by Gasteiger charge is -2.19. The largest absolute Gasteiger partial charge is 0.395 e. The predicted octanol–water partition coefficient (Wildman–Crippen LogP) is 2.79. The van der Waals surface area contributed by atoms with Gasteiger partial charge in [-0.05, 0) is 17.0 Å². The molecule has 0 aliphatic rings. The van der Waals surface area contributed by atoms with Gasteiger partial charge in [-0.25, -0.2) is 0 Å². The third kappa shape index (κ3) is 4.72. The van der Waals surface area contributed by atoms with Gasteiger partial charge in [0, 0.05) is 19.6 Å². The van der Waals surface area contributed by atoms with Gasteiger partial charge in [0.1, 0.15) is 0 Å². The van der Waals surface area contributed by atoms with Crippen molar-refractivity contribution in [3.8, 4) is 0 Å². The van der Waals surface area contributed by atoms with Crippen molar-refractivity contribution in [3.63, 3.8) is 0 Å². The Bertz CT molecular complexity index is 329. The highest BCUT2D eigenvalue weighted by molar-refractivity contribution is 5.24. The minimum atomic E-state index is 0.192. The van der Waals surface area contributed by atoms with Crippen LogP contribution in [-0.2, 0) is 6.54 Å². The second-order valence-electron chi connectivity index (χ2n) is 4.64. The summed E-state index contributed by atoms with van der Waals surface area (Å²) in [4.78, 5) is 2.18. The Kier molecular flexibility index (Phi) is 5.95. The minimum absolute atomic E-state index is 0.192. The van der Waals surface area contributed by atoms with Crippen LogP contribution in [0.15, 0.2) is 36.9 Å². The quantitative estimate of drug-likeness (QED) is 0.732. The summed E-state index contributed by atoms with van der Waals surface area (Å²) in [6.07, 6.45) is 1.87. The molecule has 0 aliphatic heterocycles. The SMILES string of the molecule is C=CCN(CCO)Cc1ccc(C(C)C)cc1. The molecular formula is C15H23NO. The van der Waals surface area contributed by atoms with Gasteiger partial charge in [0.25, 0.3) is 0 Å². The fourth-order valence-corrected chi connectivity index (χ4v) is 1.83. The highest BCUT2D eigenvalue weighted by atomic mass is 16.3. The highest BCUT2D eigenvalue weighted by Gasteiger charge is 2.04. The highest BCUT2D eigenvalue weighted by Crippen LogP contribution is 2.15. The van der Waals surface area contributed by atoms with Crippen LogP contribution in [-0.4, -0.2) is 29.7 Å². The van der Waals surface area contributed by atoms with Gasteiger partial charge in [-0.1, -0.05) is 44.2 Å². The molecule has 0 unspecified atom stereocenters. The normalized spacial score (nSPS) is 11.1. The number of benzene rings is 1. The fourth-order valence-electron chi connectivity index (χ4n) is 1.83. The number of aliphatic hydroxyl groups excluding tert-OH is 1. The van der Waals surface area contributed by atoms with Crippen molar-refractivity contribution in [2.75, 3.05) is 19.7 Å². The summed E-state index contributed by atoms with van der Waals surface area (Å²) in [7, 11) is 0. The van der Waals surface area contributed by atoms with Gasteiger partial charge < -0.3 is 5.11 Å². The molecule has 0 fully saturated rings. The van der Waals surface area contributed by atoms with E-state index in [-0.39, 0.29) is 6.61 Å². The van der Waals surface area contributed by atoms with Gasteiger partial charge >= 0.3 is 0 Å². The Morgan fingerprint density at radius 1 is 1.29 bits per heavy atom. The number of aliphatic hydroxyl groups is 1. The number of rotatable bonds is 7. The molecule has 1 aromatic carbocycles. The molecule has 17 heavy (non-hydrogen) atoms. The Morgan fingerprint density at radius 2 is 1.94 bits per heavy atom. The van der Waals surface area contributed by atoms with E-state index in [1.807, 2.05) is 6.08 Å². The van der Waals surface area contributed by atoms with E-state index in [1.165, 1.54) is 11.1 Å². The van der Waals surface area contributed by atoms with E-state index in [0.29, 0.717) is 12.5 Å². The van der Waals surface area contributed by atoms with Crippen molar-refractivity contribution >= 4 is 0 Å². The number of hydrogen-bond acceptors (Lipinski definition) is 2. The van der Waals surface area contributed by atoms with Crippen molar-refractivity contribution in [2.24, 2.45) is 0 Å². The molecule has 0 aromatic heterocycles. The maximum Gasteiger partial charge on any atom is 0.0558 e. The Balaban J connectivity index is 2.62. The molecule has 0 heterocycles. The average molecular weight is 233 g/mol. The molecular weight excluding hydrogens is 210 g/mol. The molecule has 94 valence electrons. The van der Waals surface area contributed by atoms with Crippen molar-refractivity contribution in [2.45, 2.75) is 26.3 Å². The zero-order valence-electron chi connectivity index (χ0n) is 10.9. The van der Waals surface area contributed by atoms with E-state index in [4.69, 9.17) is 5.11 Å². The first-order valence-electron chi connectivity index (χ1n) is 6.20. The lowest BCUT2D eigenvalue weighted by Crippen LogP contribution is -2.26. The molecule has 0 spiro atoms. The Labute approximate surface area is 105 Å². The van der Waals surface area contributed by atoms with E-state index >= 15 is 0 Å². The molecule has 2 heteroatoms. The Morgan fingerprint density at radius 3 is 2.41 bits per heavy atom. The molecule has 1 N–H and O–H groups in total. The molecule has 2 nitrogen and oxygen atoms in total. The first-order chi connectivity index (χ1) is 8.17. The number of nitrogens with zero attached hydrogens (tertiary/aromatic N) is 1. The molecule has 0 amide bonds. The molecule has 1 rings (SSSR count). The first-order valence-corrected chi connectivity index (χ1v) is 6.20. The van der Waals surface area contributed by atoms with Crippen LogP contribution >= 0.6 is 0 Å². The van der Waals surface area contributed by atoms with E-state index in [0.717, 1.165) is 13.1 Å². The average Bonchev–Trinajstić information content (AvgIpc) is 2.30.